The number of nitrogens with one attached hydrogen (secondary N) is 2. The summed E-state index contributed by atoms with van der Waals surface area (Å²) in [6.45, 7) is 0.188. The van der Waals surface area contributed by atoms with Gasteiger partial charge in [-0.1, -0.05) is 35.9 Å². The lowest BCUT2D eigenvalue weighted by atomic mass is 9.87. The van der Waals surface area contributed by atoms with Crippen molar-refractivity contribution in [3.63, 3.8) is 0 Å². The number of benzene rings is 2. The first kappa shape index (κ1) is 23.5. The summed E-state index contributed by atoms with van der Waals surface area (Å²) in [7, 11) is 0. The van der Waals surface area contributed by atoms with Gasteiger partial charge in [-0.3, -0.25) is 14.5 Å². The number of nitrogens with zero attached hydrogens (tertiary/aromatic N) is 1. The monoisotopic (exact) mass is 481 g/mol. The van der Waals surface area contributed by atoms with Crippen molar-refractivity contribution in [2.75, 3.05) is 11.4 Å². The Hall–Kier alpha value is -2.62. The molecule has 2 aromatic rings. The maximum Gasteiger partial charge on any atom is 0.252 e. The number of amides is 2. The third-order valence-electron chi connectivity index (χ3n) is 5.87. The molecule has 1 saturated carbocycles. The molecule has 33 heavy (non-hydrogen) atoms. The largest absolute Gasteiger partial charge is 0.392 e. The first-order chi connectivity index (χ1) is 15.6. The van der Waals surface area contributed by atoms with Crippen LogP contribution in [0.15, 0.2) is 48.5 Å². The standard InChI is InChI=1S/C23H23ClF3N3O3/c24-18-7-2-1-6-17(18)20(21(32)29-14-10-23(26,27)11-14)30(15-5-3-4-13(25)8-15)22(33)19-9-16(31)12-28-19/h1-8,14,16,19-20,28,31H,9-12H2,(H,29,32)/t16-,19+,20+/m1/s1. The minimum atomic E-state index is -2.85. The number of aliphatic hydroxyl groups excluding tert-OH is 1. The number of alkyl halides is 2. The highest BCUT2D eigenvalue weighted by Crippen LogP contribution is 2.39. The molecular weight excluding hydrogens is 459 g/mol. The highest BCUT2D eigenvalue weighted by molar-refractivity contribution is 6.31. The molecule has 1 aliphatic heterocycles. The second kappa shape index (κ2) is 9.32. The van der Waals surface area contributed by atoms with E-state index in [2.05, 4.69) is 10.6 Å². The molecular formula is C23H23ClF3N3O3. The van der Waals surface area contributed by atoms with E-state index < -0.39 is 60.6 Å². The van der Waals surface area contributed by atoms with Gasteiger partial charge in [-0.15, -0.1) is 0 Å². The van der Waals surface area contributed by atoms with Crippen LogP contribution in [0.3, 0.4) is 0 Å². The van der Waals surface area contributed by atoms with E-state index in [9.17, 15) is 27.9 Å². The molecule has 1 aliphatic carbocycles. The Kier molecular flexibility index (Phi) is 6.65. The zero-order valence-electron chi connectivity index (χ0n) is 17.5. The Morgan fingerprint density at radius 1 is 1.18 bits per heavy atom. The van der Waals surface area contributed by atoms with Gasteiger partial charge >= 0.3 is 0 Å². The maximum absolute atomic E-state index is 14.1. The zero-order valence-corrected chi connectivity index (χ0v) is 18.2. The molecule has 4 rings (SSSR count). The summed E-state index contributed by atoms with van der Waals surface area (Å²) in [6, 6.07) is 8.63. The van der Waals surface area contributed by atoms with Crippen molar-refractivity contribution in [3.8, 4) is 0 Å². The van der Waals surface area contributed by atoms with Crippen molar-refractivity contribution in [3.05, 3.63) is 64.9 Å². The Morgan fingerprint density at radius 2 is 1.91 bits per heavy atom. The summed E-state index contributed by atoms with van der Waals surface area (Å²) in [5.41, 5.74) is 0.362. The molecule has 0 unspecified atom stereocenters. The third kappa shape index (κ3) is 5.15. The lowest BCUT2D eigenvalue weighted by Gasteiger charge is -2.38. The van der Waals surface area contributed by atoms with Gasteiger partial charge in [-0.05, 0) is 30.7 Å². The third-order valence-corrected chi connectivity index (χ3v) is 6.22. The number of carbonyl (C=O) groups excluding carboxylic acids is 2. The maximum atomic E-state index is 14.1. The Morgan fingerprint density at radius 3 is 2.52 bits per heavy atom. The number of halogens is 4. The average molecular weight is 482 g/mol. The van der Waals surface area contributed by atoms with Crippen molar-refractivity contribution in [2.45, 2.75) is 49.4 Å². The fourth-order valence-corrected chi connectivity index (χ4v) is 4.48. The summed E-state index contributed by atoms with van der Waals surface area (Å²) in [4.78, 5) is 28.1. The van der Waals surface area contributed by atoms with E-state index in [-0.39, 0.29) is 29.2 Å². The van der Waals surface area contributed by atoms with Crippen LogP contribution >= 0.6 is 11.6 Å². The summed E-state index contributed by atoms with van der Waals surface area (Å²) in [5, 5.41) is 15.6. The van der Waals surface area contributed by atoms with Gasteiger partial charge in [0.25, 0.3) is 5.92 Å². The molecule has 0 bridgehead atoms. The number of aliphatic hydroxyl groups is 1. The van der Waals surface area contributed by atoms with Gasteiger partial charge in [0.2, 0.25) is 11.8 Å². The van der Waals surface area contributed by atoms with Gasteiger partial charge < -0.3 is 15.7 Å². The van der Waals surface area contributed by atoms with Crippen molar-refractivity contribution >= 4 is 29.1 Å². The Balaban J connectivity index is 1.76. The first-order valence-electron chi connectivity index (χ1n) is 10.6. The predicted octanol–water partition coefficient (Wildman–Crippen LogP) is 3.19. The minimum Gasteiger partial charge on any atom is -0.392 e. The fourth-order valence-electron chi connectivity index (χ4n) is 4.24. The van der Waals surface area contributed by atoms with Crippen molar-refractivity contribution in [1.29, 1.82) is 0 Å². The molecule has 0 spiro atoms. The highest BCUT2D eigenvalue weighted by Gasteiger charge is 2.47. The molecule has 2 aromatic carbocycles. The van der Waals surface area contributed by atoms with Crippen LogP contribution < -0.4 is 15.5 Å². The predicted molar refractivity (Wildman–Crippen MR) is 117 cm³/mol. The minimum absolute atomic E-state index is 0.0993. The van der Waals surface area contributed by atoms with E-state index in [0.717, 1.165) is 11.0 Å². The van der Waals surface area contributed by atoms with E-state index in [1.165, 1.54) is 18.2 Å². The van der Waals surface area contributed by atoms with Gasteiger partial charge in [0.1, 0.15) is 11.9 Å². The lowest BCUT2D eigenvalue weighted by Crippen LogP contribution is -2.55. The highest BCUT2D eigenvalue weighted by atomic mass is 35.5. The molecule has 2 fully saturated rings. The van der Waals surface area contributed by atoms with Crippen LogP contribution in [0, 0.1) is 5.82 Å². The quantitative estimate of drug-likeness (QED) is 0.592. The van der Waals surface area contributed by atoms with E-state index >= 15 is 0 Å². The van der Waals surface area contributed by atoms with Crippen LogP contribution in [0.2, 0.25) is 5.02 Å². The molecule has 0 aromatic heterocycles. The van der Waals surface area contributed by atoms with Gasteiger partial charge in [-0.2, -0.15) is 0 Å². The normalized spacial score (nSPS) is 22.9. The molecule has 6 nitrogen and oxygen atoms in total. The molecule has 10 heteroatoms. The smallest absolute Gasteiger partial charge is 0.252 e. The zero-order chi connectivity index (χ0) is 23.8. The van der Waals surface area contributed by atoms with Gasteiger partial charge in [0.15, 0.2) is 0 Å². The lowest BCUT2D eigenvalue weighted by molar-refractivity contribution is -0.133. The number of hydrogen-bond donors (Lipinski definition) is 3. The molecule has 0 radical (unpaired) electrons. The second-order valence-corrected chi connectivity index (χ2v) is 8.84. The number of hydrogen-bond acceptors (Lipinski definition) is 4. The molecule has 1 saturated heterocycles. The van der Waals surface area contributed by atoms with Crippen LogP contribution in [0.5, 0.6) is 0 Å². The Bertz CT molecular complexity index is 1050. The summed E-state index contributed by atoms with van der Waals surface area (Å²) in [5.74, 6) is -4.75. The van der Waals surface area contributed by atoms with Crippen LogP contribution in [0.4, 0.5) is 18.9 Å². The molecule has 2 amide bonds. The first-order valence-corrected chi connectivity index (χ1v) is 10.9. The molecule has 3 N–H and O–H groups in total. The van der Waals surface area contributed by atoms with E-state index in [1.807, 2.05) is 0 Å². The fraction of sp³-hybridized carbons (Fsp3) is 0.391. The van der Waals surface area contributed by atoms with E-state index in [4.69, 9.17) is 11.6 Å². The average Bonchev–Trinajstić information content (AvgIpc) is 3.17. The number of carbonyl (C=O) groups is 2. The summed E-state index contributed by atoms with van der Waals surface area (Å²) >= 11 is 6.38. The van der Waals surface area contributed by atoms with Crippen LogP contribution in [0.1, 0.15) is 30.9 Å². The SMILES string of the molecule is O=C(NC1CC(F)(F)C1)[C@H](c1ccccc1Cl)N(C(=O)[C@@H]1C[C@@H](O)CN1)c1cccc(F)c1. The topological polar surface area (TPSA) is 81.7 Å². The van der Waals surface area contributed by atoms with Crippen molar-refractivity contribution in [2.24, 2.45) is 0 Å². The van der Waals surface area contributed by atoms with Gasteiger partial charge in [0, 0.05) is 41.7 Å². The molecule has 176 valence electrons. The van der Waals surface area contributed by atoms with E-state index in [1.54, 1.807) is 24.3 Å². The van der Waals surface area contributed by atoms with Crippen molar-refractivity contribution in [1.82, 2.24) is 10.6 Å². The summed E-state index contributed by atoms with van der Waals surface area (Å²) in [6.07, 6.45) is -1.65. The van der Waals surface area contributed by atoms with Gasteiger partial charge in [-0.25, -0.2) is 13.2 Å². The Labute approximate surface area is 193 Å². The molecule has 2 aliphatic rings. The second-order valence-electron chi connectivity index (χ2n) is 8.43. The van der Waals surface area contributed by atoms with Crippen LogP contribution in [-0.2, 0) is 9.59 Å². The van der Waals surface area contributed by atoms with Gasteiger partial charge in [0.05, 0.1) is 12.1 Å². The molecule has 3 atom stereocenters. The molecule has 1 heterocycles. The van der Waals surface area contributed by atoms with Crippen LogP contribution in [0.25, 0.3) is 0 Å². The van der Waals surface area contributed by atoms with E-state index in [0.29, 0.717) is 0 Å². The number of rotatable bonds is 6. The summed E-state index contributed by atoms with van der Waals surface area (Å²) < 4.78 is 40.8. The number of β-amino-alcohol motifs (C(OH)–C–C–N with tert-alkyl or cyclic N) is 1. The number of anilines is 1. The van der Waals surface area contributed by atoms with Crippen LogP contribution in [-0.4, -0.2) is 47.6 Å². The van der Waals surface area contributed by atoms with Crippen molar-refractivity contribution < 1.29 is 27.9 Å².